The summed E-state index contributed by atoms with van der Waals surface area (Å²) in [5.74, 6) is 1.26. The summed E-state index contributed by atoms with van der Waals surface area (Å²) in [6.45, 7) is 6.05. The molecule has 3 atom stereocenters. The van der Waals surface area contributed by atoms with Crippen molar-refractivity contribution in [2.24, 2.45) is 17.8 Å². The van der Waals surface area contributed by atoms with Crippen LogP contribution in [-0.2, 0) is 71.5 Å². The molecule has 6 aromatic rings. The molecule has 3 saturated carbocycles. The first-order valence-corrected chi connectivity index (χ1v) is 17.8. The van der Waals surface area contributed by atoms with E-state index < -0.39 is 0 Å². The van der Waals surface area contributed by atoms with Gasteiger partial charge in [0, 0.05) is 58.6 Å². The van der Waals surface area contributed by atoms with Gasteiger partial charge in [0.05, 0.1) is 16.2 Å². The molecule has 3 fully saturated rings. The summed E-state index contributed by atoms with van der Waals surface area (Å²) in [6, 6.07) is 60.5. The van der Waals surface area contributed by atoms with Crippen molar-refractivity contribution in [1.82, 2.24) is 0 Å². The molecular formula is C48H42O3Pd2. The molecule has 6 aromatic carbocycles. The second kappa shape index (κ2) is 16.3. The number of carbonyl (C=O) groups is 3. The fourth-order valence-electron chi connectivity index (χ4n) is 8.40. The molecule has 0 spiro atoms. The molecule has 0 N–H and O–H groups in total. The van der Waals surface area contributed by atoms with E-state index in [1.54, 1.807) is 0 Å². The maximum absolute atomic E-state index is 12.1. The summed E-state index contributed by atoms with van der Waals surface area (Å²) in [6.07, 6.45) is 0. The quantitative estimate of drug-likeness (QED) is 0.157. The topological polar surface area (TPSA) is 51.2 Å². The molecule has 0 bridgehead atoms. The second-order valence-corrected chi connectivity index (χ2v) is 13.9. The molecule has 3 aliphatic rings. The van der Waals surface area contributed by atoms with Crippen LogP contribution in [0.1, 0.15) is 54.2 Å². The zero-order valence-electron chi connectivity index (χ0n) is 29.9. The Hall–Kier alpha value is -4.35. The first-order valence-electron chi connectivity index (χ1n) is 17.8. The Labute approximate surface area is 340 Å². The van der Waals surface area contributed by atoms with Crippen LogP contribution in [0.5, 0.6) is 0 Å². The number of hydrogen-bond donors (Lipinski definition) is 0. The van der Waals surface area contributed by atoms with Crippen molar-refractivity contribution >= 4 is 17.3 Å². The van der Waals surface area contributed by atoms with Crippen LogP contribution in [0.15, 0.2) is 182 Å². The normalized spacial score (nSPS) is 20.4. The van der Waals surface area contributed by atoms with Gasteiger partial charge in [-0.2, -0.15) is 0 Å². The van der Waals surface area contributed by atoms with Crippen molar-refractivity contribution in [2.45, 2.75) is 37.0 Å². The van der Waals surface area contributed by atoms with Gasteiger partial charge in [-0.3, -0.25) is 14.4 Å². The third-order valence-electron chi connectivity index (χ3n) is 11.4. The predicted molar refractivity (Wildman–Crippen MR) is 204 cm³/mol. The van der Waals surface area contributed by atoms with E-state index >= 15 is 0 Å². The Kier molecular flexibility index (Phi) is 12.3. The van der Waals surface area contributed by atoms with Crippen LogP contribution in [0.3, 0.4) is 0 Å². The minimum absolute atomic E-state index is 0. The second-order valence-electron chi connectivity index (χ2n) is 13.9. The minimum atomic E-state index is -0.386. The van der Waals surface area contributed by atoms with Gasteiger partial charge in [-0.05, 0) is 33.4 Å². The van der Waals surface area contributed by atoms with Crippen molar-refractivity contribution in [2.75, 3.05) is 0 Å². The van der Waals surface area contributed by atoms with Crippen molar-refractivity contribution in [3.8, 4) is 0 Å². The molecule has 9 rings (SSSR count). The largest absolute Gasteiger partial charge is 0.298 e. The number of Topliss-reactive ketones (excluding diaryl/α,β-unsaturated/α-hetero) is 3. The molecule has 3 aliphatic carbocycles. The van der Waals surface area contributed by atoms with Crippen LogP contribution in [0, 0.1) is 17.8 Å². The minimum Gasteiger partial charge on any atom is -0.298 e. The summed E-state index contributed by atoms with van der Waals surface area (Å²) >= 11 is 0. The molecule has 272 valence electrons. The molecule has 0 radical (unpaired) electrons. The molecule has 3 nitrogen and oxygen atoms in total. The molecule has 5 heteroatoms. The molecule has 0 amide bonds. The van der Waals surface area contributed by atoms with Gasteiger partial charge in [0.15, 0.2) is 17.3 Å². The molecular weight excluding hydrogens is 837 g/mol. The zero-order valence-corrected chi connectivity index (χ0v) is 33.0. The van der Waals surface area contributed by atoms with Crippen molar-refractivity contribution in [1.29, 1.82) is 0 Å². The summed E-state index contributed by atoms with van der Waals surface area (Å²) in [7, 11) is 0. The summed E-state index contributed by atoms with van der Waals surface area (Å²) in [5, 5.41) is 0. The Balaban J connectivity index is 0.000000150. The fourth-order valence-corrected chi connectivity index (χ4v) is 8.40. The van der Waals surface area contributed by atoms with E-state index in [9.17, 15) is 14.4 Å². The monoisotopic (exact) mass is 878 g/mol. The van der Waals surface area contributed by atoms with E-state index in [0.717, 1.165) is 33.4 Å². The van der Waals surface area contributed by atoms with Gasteiger partial charge in [-0.15, -0.1) is 0 Å². The van der Waals surface area contributed by atoms with Crippen LogP contribution in [0.2, 0.25) is 0 Å². The molecule has 0 saturated heterocycles. The smallest absolute Gasteiger partial charge is 0.152 e. The van der Waals surface area contributed by atoms with Gasteiger partial charge in [0.25, 0.3) is 0 Å². The van der Waals surface area contributed by atoms with E-state index in [-0.39, 0.29) is 74.8 Å². The Bertz CT molecular complexity index is 1770. The third-order valence-corrected chi connectivity index (χ3v) is 11.4. The number of benzene rings is 6. The Morgan fingerprint density at radius 3 is 0.491 bits per heavy atom. The summed E-state index contributed by atoms with van der Waals surface area (Å²) in [4.78, 5) is 36.4. The van der Waals surface area contributed by atoms with E-state index in [1.165, 1.54) is 0 Å². The Morgan fingerprint density at radius 1 is 0.283 bits per heavy atom. The molecule has 3 unspecified atom stereocenters. The average Bonchev–Trinajstić information content (AvgIpc) is 4.11. The van der Waals surface area contributed by atoms with Gasteiger partial charge < -0.3 is 0 Å². The number of rotatable bonds is 6. The summed E-state index contributed by atoms with van der Waals surface area (Å²) in [5.41, 5.74) is 5.53. The summed E-state index contributed by atoms with van der Waals surface area (Å²) < 4.78 is 0. The van der Waals surface area contributed by atoms with Gasteiger partial charge in [-0.25, -0.2) is 0 Å². The van der Waals surface area contributed by atoms with E-state index in [0.29, 0.717) is 17.3 Å². The van der Waals surface area contributed by atoms with E-state index in [1.807, 2.05) is 130 Å². The van der Waals surface area contributed by atoms with Crippen LogP contribution in [0.4, 0.5) is 0 Å². The first kappa shape index (κ1) is 39.9. The van der Waals surface area contributed by atoms with Crippen molar-refractivity contribution < 1.29 is 55.2 Å². The standard InChI is InChI=1S/3C16H14O.2Pd/c3*1-12-15(17)16(12,13-8-4-2-5-9-13)14-10-6-3-7-11-14;;/h3*2-12H,1H3;;. The van der Waals surface area contributed by atoms with Crippen molar-refractivity contribution in [3.05, 3.63) is 215 Å². The van der Waals surface area contributed by atoms with Crippen LogP contribution in [-0.4, -0.2) is 17.3 Å². The van der Waals surface area contributed by atoms with Gasteiger partial charge in [-0.1, -0.05) is 203 Å². The van der Waals surface area contributed by atoms with E-state index in [4.69, 9.17) is 0 Å². The molecule has 53 heavy (non-hydrogen) atoms. The van der Waals surface area contributed by atoms with Crippen molar-refractivity contribution in [3.63, 3.8) is 0 Å². The maximum atomic E-state index is 12.1. The van der Waals surface area contributed by atoms with Gasteiger partial charge in [0.2, 0.25) is 0 Å². The third kappa shape index (κ3) is 6.71. The maximum Gasteiger partial charge on any atom is 0.152 e. The fraction of sp³-hybridized carbons (Fsp3) is 0.188. The SMILES string of the molecule is CC1C(=O)C1(c1ccccc1)c1ccccc1.CC1C(=O)C1(c1ccccc1)c1ccccc1.CC1C(=O)C1(c1ccccc1)c1ccccc1.[Pd].[Pd]. The number of carbonyl (C=O) groups excluding carboxylic acids is 3. The van der Waals surface area contributed by atoms with E-state index in [2.05, 4.69) is 72.8 Å². The first-order chi connectivity index (χ1) is 24.8. The molecule has 0 heterocycles. The van der Waals surface area contributed by atoms with Crippen LogP contribution < -0.4 is 0 Å². The van der Waals surface area contributed by atoms with Crippen LogP contribution >= 0.6 is 0 Å². The number of hydrogen-bond acceptors (Lipinski definition) is 3. The molecule has 0 aromatic heterocycles. The average molecular weight is 880 g/mol. The molecule has 0 aliphatic heterocycles. The number of ketones is 3. The zero-order chi connectivity index (χ0) is 35.6. The van der Waals surface area contributed by atoms with Gasteiger partial charge in [0.1, 0.15) is 0 Å². The predicted octanol–water partition coefficient (Wildman–Crippen LogP) is 9.57. The van der Waals surface area contributed by atoms with Crippen LogP contribution in [0.25, 0.3) is 0 Å². The van der Waals surface area contributed by atoms with Gasteiger partial charge >= 0.3 is 0 Å². The Morgan fingerprint density at radius 2 is 0.396 bits per heavy atom.